The number of nitrogens with one attached hydrogen (secondary N) is 1. The first-order valence-corrected chi connectivity index (χ1v) is 4.62. The largest absolute Gasteiger partial charge is 0.319 e. The van der Waals surface area contributed by atoms with Gasteiger partial charge in [0.2, 0.25) is 0 Å². The molecule has 1 rings (SSSR count). The molecular weight excluding hydrogens is 178 g/mol. The van der Waals surface area contributed by atoms with Gasteiger partial charge in [-0.3, -0.25) is 0 Å². The van der Waals surface area contributed by atoms with Gasteiger partial charge in [-0.1, -0.05) is 0 Å². The van der Waals surface area contributed by atoms with Crippen LogP contribution in [0, 0.1) is 17.2 Å². The molecule has 5 nitrogen and oxygen atoms in total. The molecule has 1 heterocycles. The van der Waals surface area contributed by atoms with Gasteiger partial charge in [0.25, 0.3) is 0 Å². The van der Waals surface area contributed by atoms with Crippen molar-refractivity contribution in [2.45, 2.75) is 19.9 Å². The highest BCUT2D eigenvalue weighted by Gasteiger charge is 2.11. The van der Waals surface area contributed by atoms with Crippen molar-refractivity contribution in [3.63, 3.8) is 0 Å². The Hall–Kier alpha value is -1.41. The van der Waals surface area contributed by atoms with Gasteiger partial charge in [0.15, 0.2) is 0 Å². The maximum atomic E-state index is 8.61. The van der Waals surface area contributed by atoms with Crippen LogP contribution in [0.25, 0.3) is 0 Å². The average molecular weight is 193 g/mol. The van der Waals surface area contributed by atoms with Gasteiger partial charge in [0.05, 0.1) is 18.0 Å². The second-order valence-corrected chi connectivity index (χ2v) is 3.46. The minimum Gasteiger partial charge on any atom is -0.319 e. The van der Waals surface area contributed by atoms with Gasteiger partial charge in [-0.15, -0.1) is 10.2 Å². The standard InChI is InChI=1S/C9H15N5/c1-7(4-10)5-11-8(2)9-13-12-6-14(9)3/h6-8,11H,5H2,1-3H3. The van der Waals surface area contributed by atoms with Crippen LogP contribution in [0.2, 0.25) is 0 Å². The Labute approximate surface area is 83.8 Å². The second kappa shape index (κ2) is 4.72. The van der Waals surface area contributed by atoms with Gasteiger partial charge < -0.3 is 9.88 Å². The van der Waals surface area contributed by atoms with E-state index in [1.807, 2.05) is 25.5 Å². The molecule has 0 aromatic carbocycles. The van der Waals surface area contributed by atoms with Crippen LogP contribution in [0.1, 0.15) is 25.7 Å². The van der Waals surface area contributed by atoms with Crippen molar-refractivity contribution in [3.05, 3.63) is 12.2 Å². The molecule has 1 aromatic rings. The average Bonchev–Trinajstić information content (AvgIpc) is 2.60. The highest BCUT2D eigenvalue weighted by Crippen LogP contribution is 2.07. The zero-order valence-electron chi connectivity index (χ0n) is 8.73. The van der Waals surface area contributed by atoms with Gasteiger partial charge in [-0.2, -0.15) is 5.26 Å². The molecule has 2 atom stereocenters. The van der Waals surface area contributed by atoms with Crippen molar-refractivity contribution in [3.8, 4) is 6.07 Å². The predicted molar refractivity (Wildman–Crippen MR) is 52.2 cm³/mol. The van der Waals surface area contributed by atoms with E-state index in [0.29, 0.717) is 6.54 Å². The summed E-state index contributed by atoms with van der Waals surface area (Å²) in [4.78, 5) is 0. The first-order valence-electron chi connectivity index (χ1n) is 4.62. The smallest absolute Gasteiger partial charge is 0.149 e. The van der Waals surface area contributed by atoms with E-state index in [0.717, 1.165) is 5.82 Å². The molecule has 0 aliphatic carbocycles. The third kappa shape index (κ3) is 2.54. The zero-order valence-corrected chi connectivity index (χ0v) is 8.73. The lowest BCUT2D eigenvalue weighted by Gasteiger charge is -2.13. The second-order valence-electron chi connectivity index (χ2n) is 3.46. The van der Waals surface area contributed by atoms with Crippen molar-refractivity contribution >= 4 is 0 Å². The lowest BCUT2D eigenvalue weighted by atomic mass is 10.2. The monoisotopic (exact) mass is 193 g/mol. The Morgan fingerprint density at radius 1 is 1.64 bits per heavy atom. The normalized spacial score (nSPS) is 14.7. The first-order chi connectivity index (χ1) is 6.65. The molecule has 1 aromatic heterocycles. The Morgan fingerprint density at radius 3 is 2.86 bits per heavy atom. The molecule has 0 aliphatic rings. The fraction of sp³-hybridized carbons (Fsp3) is 0.667. The Bertz CT molecular complexity index is 324. The molecule has 0 aliphatic heterocycles. The molecular formula is C9H15N5. The van der Waals surface area contributed by atoms with E-state index in [4.69, 9.17) is 5.26 Å². The molecule has 5 heteroatoms. The summed E-state index contributed by atoms with van der Waals surface area (Å²) < 4.78 is 1.87. The first kappa shape index (κ1) is 10.7. The molecule has 76 valence electrons. The fourth-order valence-corrected chi connectivity index (χ4v) is 1.17. The molecule has 1 N–H and O–H groups in total. The van der Waals surface area contributed by atoms with Crippen molar-refractivity contribution in [1.29, 1.82) is 5.26 Å². The van der Waals surface area contributed by atoms with E-state index < -0.39 is 0 Å². The summed E-state index contributed by atoms with van der Waals surface area (Å²) in [5.74, 6) is 0.904. The third-order valence-electron chi connectivity index (χ3n) is 2.08. The van der Waals surface area contributed by atoms with Crippen molar-refractivity contribution in [2.75, 3.05) is 6.54 Å². The molecule has 0 spiro atoms. The van der Waals surface area contributed by atoms with Gasteiger partial charge in [0.1, 0.15) is 12.2 Å². The summed E-state index contributed by atoms with van der Waals surface area (Å²) in [5.41, 5.74) is 0. The Kier molecular flexibility index (Phi) is 3.60. The van der Waals surface area contributed by atoms with Gasteiger partial charge in [-0.05, 0) is 13.8 Å². The van der Waals surface area contributed by atoms with Crippen LogP contribution >= 0.6 is 0 Å². The lowest BCUT2D eigenvalue weighted by molar-refractivity contribution is 0.496. The molecule has 14 heavy (non-hydrogen) atoms. The van der Waals surface area contributed by atoms with Gasteiger partial charge in [-0.25, -0.2) is 0 Å². The van der Waals surface area contributed by atoms with E-state index in [1.165, 1.54) is 0 Å². The quantitative estimate of drug-likeness (QED) is 0.761. The van der Waals surface area contributed by atoms with E-state index in [-0.39, 0.29) is 12.0 Å². The topological polar surface area (TPSA) is 66.5 Å². The number of rotatable bonds is 4. The van der Waals surface area contributed by atoms with E-state index in [9.17, 15) is 0 Å². The maximum absolute atomic E-state index is 8.61. The fourth-order valence-electron chi connectivity index (χ4n) is 1.17. The minimum absolute atomic E-state index is 0.0191. The summed E-state index contributed by atoms with van der Waals surface area (Å²) >= 11 is 0. The third-order valence-corrected chi connectivity index (χ3v) is 2.08. The Balaban J connectivity index is 2.48. The zero-order chi connectivity index (χ0) is 10.6. The number of hydrogen-bond donors (Lipinski definition) is 1. The summed E-state index contributed by atoms with van der Waals surface area (Å²) in [6, 6.07) is 2.30. The van der Waals surface area contributed by atoms with Crippen LogP contribution in [0.4, 0.5) is 0 Å². The molecule has 0 fully saturated rings. The van der Waals surface area contributed by atoms with Crippen LogP contribution in [-0.4, -0.2) is 21.3 Å². The van der Waals surface area contributed by atoms with Crippen LogP contribution in [-0.2, 0) is 7.05 Å². The summed E-state index contributed by atoms with van der Waals surface area (Å²) in [6.45, 7) is 4.56. The van der Waals surface area contributed by atoms with Gasteiger partial charge in [0, 0.05) is 13.6 Å². The summed E-state index contributed by atoms with van der Waals surface area (Å²) in [7, 11) is 1.90. The van der Waals surface area contributed by atoms with E-state index >= 15 is 0 Å². The van der Waals surface area contributed by atoms with Crippen molar-refractivity contribution < 1.29 is 0 Å². The van der Waals surface area contributed by atoms with Crippen molar-refractivity contribution in [1.82, 2.24) is 20.1 Å². The van der Waals surface area contributed by atoms with Crippen LogP contribution < -0.4 is 5.32 Å². The van der Waals surface area contributed by atoms with Gasteiger partial charge >= 0.3 is 0 Å². The van der Waals surface area contributed by atoms with Crippen molar-refractivity contribution in [2.24, 2.45) is 13.0 Å². The number of hydrogen-bond acceptors (Lipinski definition) is 4. The lowest BCUT2D eigenvalue weighted by Crippen LogP contribution is -2.25. The summed E-state index contributed by atoms with van der Waals surface area (Å²) in [5, 5.41) is 19.6. The summed E-state index contributed by atoms with van der Waals surface area (Å²) in [6.07, 6.45) is 1.67. The maximum Gasteiger partial charge on any atom is 0.149 e. The minimum atomic E-state index is 0.0191. The molecule has 0 radical (unpaired) electrons. The Morgan fingerprint density at radius 2 is 2.36 bits per heavy atom. The number of nitrogens with zero attached hydrogens (tertiary/aromatic N) is 4. The molecule has 0 bridgehead atoms. The number of nitriles is 1. The SMILES string of the molecule is CC(C#N)CNC(C)c1nncn1C. The molecule has 0 saturated heterocycles. The van der Waals surface area contributed by atoms with E-state index in [1.54, 1.807) is 6.33 Å². The van der Waals surface area contributed by atoms with Crippen LogP contribution in [0.5, 0.6) is 0 Å². The number of aryl methyl sites for hydroxylation is 1. The molecule has 2 unspecified atom stereocenters. The highest BCUT2D eigenvalue weighted by atomic mass is 15.3. The molecule has 0 saturated carbocycles. The van der Waals surface area contributed by atoms with E-state index in [2.05, 4.69) is 21.6 Å². The van der Waals surface area contributed by atoms with Crippen LogP contribution in [0.15, 0.2) is 6.33 Å². The number of aromatic nitrogens is 3. The van der Waals surface area contributed by atoms with Crippen LogP contribution in [0.3, 0.4) is 0 Å². The highest BCUT2D eigenvalue weighted by molar-refractivity contribution is 4.93. The molecule has 0 amide bonds. The predicted octanol–water partition coefficient (Wildman–Crippen LogP) is 0.625.